The van der Waals surface area contributed by atoms with E-state index in [0.717, 1.165) is 18.4 Å². The highest BCUT2D eigenvalue weighted by molar-refractivity contribution is 7.99. The molecule has 2 heteroatoms. The molecule has 0 bridgehead atoms. The summed E-state index contributed by atoms with van der Waals surface area (Å²) in [4.78, 5) is 0. The number of thioether (sulfide) groups is 1. The van der Waals surface area contributed by atoms with E-state index in [1.807, 2.05) is 0 Å². The molecule has 0 aliphatic heterocycles. The second-order valence-electron chi connectivity index (χ2n) is 6.10. The van der Waals surface area contributed by atoms with E-state index in [2.05, 4.69) is 58.6 Å². The van der Waals surface area contributed by atoms with Gasteiger partial charge in [0, 0.05) is 0 Å². The van der Waals surface area contributed by atoms with Crippen molar-refractivity contribution in [3.05, 3.63) is 0 Å². The average Bonchev–Trinajstić information content (AvgIpc) is 2.13. The van der Waals surface area contributed by atoms with Gasteiger partial charge in [0.15, 0.2) is 0 Å². The van der Waals surface area contributed by atoms with Crippen LogP contribution in [0.15, 0.2) is 0 Å². The van der Waals surface area contributed by atoms with E-state index in [-0.39, 0.29) is 0 Å². The van der Waals surface area contributed by atoms with Gasteiger partial charge in [0.2, 0.25) is 0 Å². The highest BCUT2D eigenvalue weighted by Gasteiger charge is 2.23. The molecule has 0 radical (unpaired) electrons. The van der Waals surface area contributed by atoms with Gasteiger partial charge in [-0.2, -0.15) is 11.8 Å². The van der Waals surface area contributed by atoms with Crippen molar-refractivity contribution in [1.29, 1.82) is 0 Å². The lowest BCUT2D eigenvalue weighted by atomic mass is 9.79. The summed E-state index contributed by atoms with van der Waals surface area (Å²) in [6, 6.07) is 0. The van der Waals surface area contributed by atoms with Gasteiger partial charge in [-0.3, -0.25) is 0 Å². The zero-order chi connectivity index (χ0) is 12.6. The topological polar surface area (TPSA) is 12.0 Å². The lowest BCUT2D eigenvalue weighted by Crippen LogP contribution is -2.34. The first-order valence-corrected chi connectivity index (χ1v) is 7.81. The molecular formula is C14H31NS. The van der Waals surface area contributed by atoms with Crippen LogP contribution < -0.4 is 5.32 Å². The molecule has 98 valence electrons. The van der Waals surface area contributed by atoms with Gasteiger partial charge in [0.25, 0.3) is 0 Å². The molecule has 0 aromatic carbocycles. The Morgan fingerprint density at radius 1 is 1.12 bits per heavy atom. The quantitative estimate of drug-likeness (QED) is 0.648. The molecule has 0 aromatic rings. The number of hydrogen-bond donors (Lipinski definition) is 1. The summed E-state index contributed by atoms with van der Waals surface area (Å²) in [6.45, 7) is 16.2. The van der Waals surface area contributed by atoms with Gasteiger partial charge in [-0.05, 0) is 48.3 Å². The maximum atomic E-state index is 3.61. The van der Waals surface area contributed by atoms with Crippen LogP contribution >= 0.6 is 11.8 Å². The fourth-order valence-electron chi connectivity index (χ4n) is 1.76. The van der Waals surface area contributed by atoms with E-state index in [1.165, 1.54) is 24.5 Å². The Labute approximate surface area is 107 Å². The van der Waals surface area contributed by atoms with Crippen LogP contribution in [0.1, 0.15) is 48.0 Å². The first-order chi connectivity index (χ1) is 7.38. The Balaban J connectivity index is 3.92. The largest absolute Gasteiger partial charge is 0.316 e. The van der Waals surface area contributed by atoms with Gasteiger partial charge < -0.3 is 5.32 Å². The summed E-state index contributed by atoms with van der Waals surface area (Å²) < 4.78 is 0. The molecule has 1 N–H and O–H groups in total. The lowest BCUT2D eigenvalue weighted by molar-refractivity contribution is 0.225. The monoisotopic (exact) mass is 245 g/mol. The van der Waals surface area contributed by atoms with E-state index in [0.29, 0.717) is 5.41 Å². The third kappa shape index (κ3) is 8.46. The van der Waals surface area contributed by atoms with Crippen molar-refractivity contribution < 1.29 is 0 Å². The summed E-state index contributed by atoms with van der Waals surface area (Å²) >= 11 is 2.06. The lowest BCUT2D eigenvalue weighted by Gasteiger charge is -2.31. The van der Waals surface area contributed by atoms with Crippen molar-refractivity contribution in [2.24, 2.45) is 17.3 Å². The fraction of sp³-hybridized carbons (Fsp3) is 1.00. The van der Waals surface area contributed by atoms with Crippen LogP contribution in [0.3, 0.4) is 0 Å². The Kier molecular flexibility index (Phi) is 8.57. The zero-order valence-corrected chi connectivity index (χ0v) is 12.9. The first kappa shape index (κ1) is 16.3. The zero-order valence-electron chi connectivity index (χ0n) is 12.1. The van der Waals surface area contributed by atoms with Gasteiger partial charge in [-0.1, -0.05) is 41.5 Å². The Morgan fingerprint density at radius 3 is 2.19 bits per heavy atom. The smallest absolute Gasteiger partial charge is 0.00151 e. The molecular weight excluding hydrogens is 214 g/mol. The minimum atomic E-state index is 0.429. The van der Waals surface area contributed by atoms with Gasteiger partial charge >= 0.3 is 0 Å². The maximum absolute atomic E-state index is 3.61. The average molecular weight is 245 g/mol. The molecule has 0 saturated carbocycles. The summed E-state index contributed by atoms with van der Waals surface area (Å²) in [5.41, 5.74) is 0.429. The van der Waals surface area contributed by atoms with E-state index >= 15 is 0 Å². The highest BCUT2D eigenvalue weighted by Crippen LogP contribution is 2.29. The third-order valence-electron chi connectivity index (χ3n) is 2.98. The van der Waals surface area contributed by atoms with Gasteiger partial charge in [0.1, 0.15) is 0 Å². The van der Waals surface area contributed by atoms with E-state index in [9.17, 15) is 0 Å². The molecule has 0 rings (SSSR count). The molecule has 1 atom stereocenters. The Morgan fingerprint density at radius 2 is 1.75 bits per heavy atom. The normalized spacial score (nSPS) is 14.4. The van der Waals surface area contributed by atoms with E-state index < -0.39 is 0 Å². The molecule has 0 aromatic heterocycles. The second kappa shape index (κ2) is 8.41. The minimum Gasteiger partial charge on any atom is -0.316 e. The van der Waals surface area contributed by atoms with Crippen LogP contribution in [0, 0.1) is 17.3 Å². The summed E-state index contributed by atoms with van der Waals surface area (Å²) in [6.07, 6.45) is 1.34. The number of nitrogens with one attached hydrogen (secondary N) is 1. The van der Waals surface area contributed by atoms with Crippen LogP contribution in [-0.2, 0) is 0 Å². The minimum absolute atomic E-state index is 0.429. The van der Waals surface area contributed by atoms with Crippen LogP contribution in [0.4, 0.5) is 0 Å². The third-order valence-corrected chi connectivity index (χ3v) is 3.92. The molecule has 0 heterocycles. The summed E-state index contributed by atoms with van der Waals surface area (Å²) in [7, 11) is 0. The molecule has 0 spiro atoms. The number of rotatable bonds is 8. The Bertz CT molecular complexity index is 161. The van der Waals surface area contributed by atoms with Crippen molar-refractivity contribution in [2.45, 2.75) is 48.0 Å². The van der Waals surface area contributed by atoms with Crippen molar-refractivity contribution in [3.63, 3.8) is 0 Å². The molecule has 0 fully saturated rings. The predicted octanol–water partition coefficient (Wildman–Crippen LogP) is 4.04. The molecule has 0 saturated heterocycles. The highest BCUT2D eigenvalue weighted by atomic mass is 32.2. The van der Waals surface area contributed by atoms with Gasteiger partial charge in [-0.25, -0.2) is 0 Å². The summed E-state index contributed by atoms with van der Waals surface area (Å²) in [5, 5.41) is 3.61. The van der Waals surface area contributed by atoms with Gasteiger partial charge in [-0.15, -0.1) is 0 Å². The SMILES string of the molecule is CCSCCC(CNCC(C)C)C(C)(C)C. The molecule has 0 aliphatic rings. The fourth-order valence-corrected chi connectivity index (χ4v) is 2.50. The molecule has 16 heavy (non-hydrogen) atoms. The van der Waals surface area contributed by atoms with Gasteiger partial charge in [0.05, 0.1) is 0 Å². The van der Waals surface area contributed by atoms with Crippen molar-refractivity contribution >= 4 is 11.8 Å². The van der Waals surface area contributed by atoms with Crippen molar-refractivity contribution in [1.82, 2.24) is 5.32 Å². The second-order valence-corrected chi connectivity index (χ2v) is 7.49. The van der Waals surface area contributed by atoms with E-state index in [4.69, 9.17) is 0 Å². The summed E-state index contributed by atoms with van der Waals surface area (Å²) in [5.74, 6) is 4.11. The van der Waals surface area contributed by atoms with Crippen molar-refractivity contribution in [3.8, 4) is 0 Å². The van der Waals surface area contributed by atoms with Crippen molar-refractivity contribution in [2.75, 3.05) is 24.6 Å². The predicted molar refractivity (Wildman–Crippen MR) is 78.3 cm³/mol. The van der Waals surface area contributed by atoms with Crippen LogP contribution in [0.25, 0.3) is 0 Å². The molecule has 1 nitrogen and oxygen atoms in total. The molecule has 1 unspecified atom stereocenters. The Hall–Kier alpha value is 0.310. The van der Waals surface area contributed by atoms with Crippen LogP contribution in [-0.4, -0.2) is 24.6 Å². The molecule has 0 amide bonds. The van der Waals surface area contributed by atoms with Crippen LogP contribution in [0.5, 0.6) is 0 Å². The molecule has 0 aliphatic carbocycles. The van der Waals surface area contributed by atoms with E-state index in [1.54, 1.807) is 0 Å². The first-order valence-electron chi connectivity index (χ1n) is 6.66. The van der Waals surface area contributed by atoms with Crippen LogP contribution in [0.2, 0.25) is 0 Å². The maximum Gasteiger partial charge on any atom is -0.00151 e. The number of hydrogen-bond acceptors (Lipinski definition) is 2. The standard InChI is InChI=1S/C14H31NS/c1-7-16-9-8-13(14(4,5)6)11-15-10-12(2)3/h12-13,15H,7-11H2,1-6H3.